The summed E-state index contributed by atoms with van der Waals surface area (Å²) in [5, 5.41) is 3.53. The van der Waals surface area contributed by atoms with Crippen molar-refractivity contribution in [1.82, 2.24) is 14.9 Å². The fourth-order valence-electron chi connectivity index (χ4n) is 4.88. The van der Waals surface area contributed by atoms with E-state index in [1.165, 1.54) is 38.1 Å². The minimum Gasteiger partial charge on any atom is -0.484 e. The molecule has 0 aliphatic carbocycles. The number of ether oxygens (including phenoxy) is 1. The van der Waals surface area contributed by atoms with E-state index < -0.39 is 17.6 Å². The fourth-order valence-corrected chi connectivity index (χ4v) is 4.88. The molecule has 1 N–H and O–H groups in total. The van der Waals surface area contributed by atoms with Gasteiger partial charge in [-0.1, -0.05) is 0 Å². The van der Waals surface area contributed by atoms with E-state index in [4.69, 9.17) is 9.72 Å². The van der Waals surface area contributed by atoms with Crippen LogP contribution in [0.1, 0.15) is 31.2 Å². The summed E-state index contributed by atoms with van der Waals surface area (Å²) in [4.78, 5) is 26.4. The van der Waals surface area contributed by atoms with Gasteiger partial charge in [0.05, 0.1) is 11.1 Å². The summed E-state index contributed by atoms with van der Waals surface area (Å²) >= 11 is 0. The van der Waals surface area contributed by atoms with Crippen LogP contribution in [0.2, 0.25) is 0 Å². The number of nitrogens with zero attached hydrogens (tertiary/aromatic N) is 4. The van der Waals surface area contributed by atoms with Gasteiger partial charge in [-0.15, -0.1) is 0 Å². The van der Waals surface area contributed by atoms with Crippen LogP contribution in [0.25, 0.3) is 10.9 Å². The number of benzene rings is 2. The van der Waals surface area contributed by atoms with Gasteiger partial charge in [-0.3, -0.25) is 4.79 Å². The maximum atomic E-state index is 12.7. The summed E-state index contributed by atoms with van der Waals surface area (Å²) in [5.41, 5.74) is 0.583. The van der Waals surface area contributed by atoms with E-state index in [1.54, 1.807) is 18.3 Å². The Morgan fingerprint density at radius 3 is 2.44 bits per heavy atom. The van der Waals surface area contributed by atoms with Crippen LogP contribution in [-0.4, -0.2) is 59.6 Å². The highest BCUT2D eigenvalue weighted by Gasteiger charge is 2.30. The normalized spacial score (nSPS) is 17.5. The number of piperidine rings is 1. The standard InChI is InChI=1S/C26H28F3N5O2/c27-26(28,29)19-3-6-22(7-4-19)36-17-24(35)31-20-5-8-23-18(15-20)16-30-25(32-23)34-13-9-21(10-14-34)33-11-1-2-12-33/h3-8,15-16,21H,1-2,9-14,17H2,(H,31,35). The molecule has 0 radical (unpaired) electrons. The van der Waals surface area contributed by atoms with Crippen LogP contribution in [-0.2, 0) is 11.0 Å². The fraction of sp³-hybridized carbons (Fsp3) is 0.423. The van der Waals surface area contributed by atoms with Crippen LogP contribution < -0.4 is 15.0 Å². The Hall–Kier alpha value is -3.40. The molecule has 10 heteroatoms. The van der Waals surface area contributed by atoms with Crippen molar-refractivity contribution in [2.75, 3.05) is 43.0 Å². The van der Waals surface area contributed by atoms with Gasteiger partial charge in [0.1, 0.15) is 5.75 Å². The number of hydrogen-bond donors (Lipinski definition) is 1. The SMILES string of the molecule is O=C(COc1ccc(C(F)(F)F)cc1)Nc1ccc2nc(N3CCC(N4CCCC4)CC3)ncc2c1. The zero-order valence-corrected chi connectivity index (χ0v) is 19.8. The van der Waals surface area contributed by atoms with Crippen LogP contribution in [0.4, 0.5) is 24.8 Å². The van der Waals surface area contributed by atoms with E-state index in [0.717, 1.165) is 54.9 Å². The lowest BCUT2D eigenvalue weighted by molar-refractivity contribution is -0.137. The minimum atomic E-state index is -4.42. The molecule has 2 fully saturated rings. The van der Waals surface area contributed by atoms with E-state index in [-0.39, 0.29) is 12.4 Å². The molecule has 3 heterocycles. The predicted molar refractivity (Wildman–Crippen MR) is 131 cm³/mol. The van der Waals surface area contributed by atoms with Crippen LogP contribution >= 0.6 is 0 Å². The van der Waals surface area contributed by atoms with Gasteiger partial charge in [-0.2, -0.15) is 13.2 Å². The highest BCUT2D eigenvalue weighted by molar-refractivity contribution is 5.94. The van der Waals surface area contributed by atoms with Crippen molar-refractivity contribution in [2.45, 2.75) is 37.9 Å². The van der Waals surface area contributed by atoms with Crippen molar-refractivity contribution < 1.29 is 22.7 Å². The van der Waals surface area contributed by atoms with E-state index in [0.29, 0.717) is 11.7 Å². The third-order valence-electron chi connectivity index (χ3n) is 6.81. The number of alkyl halides is 3. The number of nitrogens with one attached hydrogen (secondary N) is 1. The number of halogens is 3. The van der Waals surface area contributed by atoms with Gasteiger partial charge in [-0.05, 0) is 81.2 Å². The first-order valence-electron chi connectivity index (χ1n) is 12.2. The number of rotatable bonds is 6. The highest BCUT2D eigenvalue weighted by atomic mass is 19.4. The van der Waals surface area contributed by atoms with Crippen LogP contribution in [0.5, 0.6) is 5.75 Å². The van der Waals surface area contributed by atoms with Gasteiger partial charge in [-0.25, -0.2) is 9.97 Å². The second kappa shape index (κ2) is 10.3. The topological polar surface area (TPSA) is 70.6 Å². The second-order valence-electron chi connectivity index (χ2n) is 9.26. The number of fused-ring (bicyclic) bond motifs is 1. The Kier molecular flexibility index (Phi) is 6.95. The Morgan fingerprint density at radius 1 is 1.03 bits per heavy atom. The molecule has 0 unspecified atom stereocenters. The number of likely N-dealkylation sites (tertiary alicyclic amines) is 1. The van der Waals surface area contributed by atoms with E-state index >= 15 is 0 Å². The zero-order valence-electron chi connectivity index (χ0n) is 19.8. The molecule has 1 amide bonds. The summed E-state index contributed by atoms with van der Waals surface area (Å²) in [7, 11) is 0. The minimum absolute atomic E-state index is 0.182. The summed E-state index contributed by atoms with van der Waals surface area (Å²) < 4.78 is 43.3. The lowest BCUT2D eigenvalue weighted by Crippen LogP contribution is -2.44. The van der Waals surface area contributed by atoms with E-state index in [9.17, 15) is 18.0 Å². The van der Waals surface area contributed by atoms with Gasteiger partial charge in [0.2, 0.25) is 5.95 Å². The number of amides is 1. The van der Waals surface area contributed by atoms with Crippen LogP contribution in [0.3, 0.4) is 0 Å². The molecular weight excluding hydrogens is 471 g/mol. The molecule has 0 spiro atoms. The van der Waals surface area contributed by atoms with Crippen LogP contribution in [0.15, 0.2) is 48.7 Å². The maximum Gasteiger partial charge on any atom is 0.416 e. The third kappa shape index (κ3) is 5.70. The van der Waals surface area contributed by atoms with Crippen molar-refractivity contribution in [1.29, 1.82) is 0 Å². The summed E-state index contributed by atoms with van der Waals surface area (Å²) in [6.07, 6.45) is 2.21. The largest absolute Gasteiger partial charge is 0.484 e. The first-order valence-corrected chi connectivity index (χ1v) is 12.2. The first-order chi connectivity index (χ1) is 17.3. The molecule has 0 atom stereocenters. The number of carbonyl (C=O) groups is 1. The molecule has 36 heavy (non-hydrogen) atoms. The number of carbonyl (C=O) groups excluding carboxylic acids is 1. The number of aromatic nitrogens is 2. The van der Waals surface area contributed by atoms with Crippen LogP contribution in [0, 0.1) is 0 Å². The summed E-state index contributed by atoms with van der Waals surface area (Å²) in [6, 6.07) is 10.3. The lowest BCUT2D eigenvalue weighted by atomic mass is 10.0. The number of anilines is 2. The Bertz CT molecular complexity index is 1200. The van der Waals surface area contributed by atoms with Gasteiger partial charge >= 0.3 is 6.18 Å². The summed E-state index contributed by atoms with van der Waals surface area (Å²) in [5.74, 6) is 0.485. The molecule has 190 valence electrons. The molecule has 2 aliphatic heterocycles. The van der Waals surface area contributed by atoms with Crippen molar-refractivity contribution in [3.63, 3.8) is 0 Å². The molecule has 5 rings (SSSR count). The molecule has 2 saturated heterocycles. The second-order valence-corrected chi connectivity index (χ2v) is 9.26. The zero-order chi connectivity index (χ0) is 25.1. The molecule has 7 nitrogen and oxygen atoms in total. The summed E-state index contributed by atoms with van der Waals surface area (Å²) in [6.45, 7) is 4.00. The Balaban J connectivity index is 1.15. The third-order valence-corrected chi connectivity index (χ3v) is 6.81. The Labute approximate surface area is 207 Å². The van der Waals surface area contributed by atoms with Crippen molar-refractivity contribution in [3.05, 3.63) is 54.2 Å². The quantitative estimate of drug-likeness (QED) is 0.529. The maximum absolute atomic E-state index is 12.7. The molecule has 2 aromatic carbocycles. The average Bonchev–Trinajstić information content (AvgIpc) is 3.42. The monoisotopic (exact) mass is 499 g/mol. The van der Waals surface area contributed by atoms with Gasteiger partial charge in [0, 0.05) is 36.4 Å². The molecule has 3 aromatic rings. The van der Waals surface area contributed by atoms with Crippen molar-refractivity contribution >= 4 is 28.4 Å². The van der Waals surface area contributed by atoms with E-state index in [2.05, 4.69) is 20.1 Å². The molecule has 1 aromatic heterocycles. The Morgan fingerprint density at radius 2 is 1.75 bits per heavy atom. The highest BCUT2D eigenvalue weighted by Crippen LogP contribution is 2.30. The van der Waals surface area contributed by atoms with Gasteiger partial charge < -0.3 is 19.9 Å². The van der Waals surface area contributed by atoms with Gasteiger partial charge in [0.25, 0.3) is 5.91 Å². The average molecular weight is 500 g/mol. The smallest absolute Gasteiger partial charge is 0.416 e. The number of hydrogen-bond acceptors (Lipinski definition) is 6. The molecule has 0 saturated carbocycles. The van der Waals surface area contributed by atoms with Crippen molar-refractivity contribution in [3.8, 4) is 5.75 Å². The van der Waals surface area contributed by atoms with E-state index in [1.807, 2.05) is 6.07 Å². The molecule has 0 bridgehead atoms. The first kappa shape index (κ1) is 24.3. The van der Waals surface area contributed by atoms with Gasteiger partial charge in [0.15, 0.2) is 6.61 Å². The lowest BCUT2D eigenvalue weighted by Gasteiger charge is -2.36. The van der Waals surface area contributed by atoms with Crippen molar-refractivity contribution in [2.24, 2.45) is 0 Å². The predicted octanol–water partition coefficient (Wildman–Crippen LogP) is 4.73. The molecular formula is C26H28F3N5O2. The molecule has 2 aliphatic rings.